The Morgan fingerprint density at radius 3 is 2.53 bits per heavy atom. The van der Waals surface area contributed by atoms with Gasteiger partial charge in [-0.1, -0.05) is 13.0 Å². The summed E-state index contributed by atoms with van der Waals surface area (Å²) in [5.41, 5.74) is 1.40. The number of aliphatic imine (C=N–C) groups is 1. The number of rotatable bonds is 10. The fourth-order valence-corrected chi connectivity index (χ4v) is 2.50. The number of halogens is 3. The molecule has 2 aromatic rings. The number of methoxy groups -OCH3 is 1. The summed E-state index contributed by atoms with van der Waals surface area (Å²) in [6.45, 7) is 0.347. The molecule has 0 aliphatic heterocycles. The first-order valence-electron chi connectivity index (χ1n) is 9.20. The largest absolute Gasteiger partial charge is 0.497 e. The zero-order chi connectivity index (χ0) is 21.1. The molecular weight excluding hydrogens is 509 g/mol. The van der Waals surface area contributed by atoms with E-state index in [2.05, 4.69) is 25.3 Å². The van der Waals surface area contributed by atoms with E-state index in [9.17, 15) is 8.78 Å². The van der Waals surface area contributed by atoms with Crippen LogP contribution >= 0.6 is 24.0 Å². The molecule has 7 nitrogen and oxygen atoms in total. The number of nitrogens with zero attached hydrogens (tertiary/aromatic N) is 2. The molecular formula is C20H27F2IN4O3. The van der Waals surface area contributed by atoms with Crippen molar-refractivity contribution in [2.24, 2.45) is 4.99 Å². The Morgan fingerprint density at radius 1 is 1.17 bits per heavy atom. The van der Waals surface area contributed by atoms with Gasteiger partial charge in [0.1, 0.15) is 11.5 Å². The van der Waals surface area contributed by atoms with Crippen LogP contribution in [0.2, 0.25) is 0 Å². The molecule has 0 spiro atoms. The molecule has 10 heteroatoms. The average molecular weight is 536 g/mol. The number of nitrogens with one attached hydrogen (secondary N) is 2. The van der Waals surface area contributed by atoms with Crippen molar-refractivity contribution in [2.75, 3.05) is 20.8 Å². The van der Waals surface area contributed by atoms with Crippen LogP contribution < -0.4 is 24.8 Å². The van der Waals surface area contributed by atoms with Gasteiger partial charge in [-0.05, 0) is 30.7 Å². The Labute approximate surface area is 192 Å². The highest BCUT2D eigenvalue weighted by Gasteiger charge is 2.12. The summed E-state index contributed by atoms with van der Waals surface area (Å²) in [7, 11) is 3.13. The fourth-order valence-electron chi connectivity index (χ4n) is 2.50. The van der Waals surface area contributed by atoms with E-state index in [1.54, 1.807) is 25.4 Å². The molecule has 2 N–H and O–H groups in total. The molecule has 0 fully saturated rings. The van der Waals surface area contributed by atoms with Gasteiger partial charge in [0.25, 0.3) is 0 Å². The lowest BCUT2D eigenvalue weighted by Gasteiger charge is -2.16. The quantitative estimate of drug-likeness (QED) is 0.272. The van der Waals surface area contributed by atoms with Crippen LogP contribution in [0.3, 0.4) is 0 Å². The van der Waals surface area contributed by atoms with E-state index in [4.69, 9.17) is 9.47 Å². The Hall–Kier alpha value is -2.37. The van der Waals surface area contributed by atoms with Crippen LogP contribution in [-0.2, 0) is 13.1 Å². The number of aromatic nitrogens is 1. The number of ether oxygens (including phenoxy) is 3. The van der Waals surface area contributed by atoms with E-state index >= 15 is 0 Å². The second-order valence-electron chi connectivity index (χ2n) is 5.95. The van der Waals surface area contributed by atoms with Gasteiger partial charge < -0.3 is 24.8 Å². The van der Waals surface area contributed by atoms with Gasteiger partial charge in [-0.15, -0.1) is 24.0 Å². The van der Waals surface area contributed by atoms with Crippen molar-refractivity contribution in [3.63, 3.8) is 0 Å². The normalized spacial score (nSPS) is 10.9. The number of hydrogen-bond acceptors (Lipinski definition) is 5. The smallest absolute Gasteiger partial charge is 0.387 e. The van der Waals surface area contributed by atoms with Crippen LogP contribution in [-0.4, -0.2) is 38.3 Å². The lowest BCUT2D eigenvalue weighted by Crippen LogP contribution is -2.36. The molecule has 30 heavy (non-hydrogen) atoms. The maximum atomic E-state index is 12.7. The number of pyridine rings is 1. The zero-order valence-electron chi connectivity index (χ0n) is 17.2. The summed E-state index contributed by atoms with van der Waals surface area (Å²) in [6, 6.07) is 8.39. The maximum Gasteiger partial charge on any atom is 0.387 e. The minimum atomic E-state index is -2.91. The Kier molecular flexibility index (Phi) is 11.8. The molecule has 0 unspecified atom stereocenters. The van der Waals surface area contributed by atoms with Gasteiger partial charge in [-0.2, -0.15) is 8.78 Å². The first-order chi connectivity index (χ1) is 14.1. The average Bonchev–Trinajstić information content (AvgIpc) is 2.73. The van der Waals surface area contributed by atoms with E-state index in [0.717, 1.165) is 12.0 Å². The van der Waals surface area contributed by atoms with Crippen LogP contribution in [0.5, 0.6) is 17.4 Å². The minimum Gasteiger partial charge on any atom is -0.497 e. The predicted octanol–water partition coefficient (Wildman–Crippen LogP) is 3.96. The summed E-state index contributed by atoms with van der Waals surface area (Å²) >= 11 is 0. The first kappa shape index (κ1) is 25.7. The molecule has 0 saturated carbocycles. The van der Waals surface area contributed by atoms with E-state index < -0.39 is 6.61 Å². The van der Waals surface area contributed by atoms with Crippen LogP contribution in [0.25, 0.3) is 0 Å². The number of guanidine groups is 1. The van der Waals surface area contributed by atoms with Gasteiger partial charge in [0.15, 0.2) is 5.96 Å². The second kappa shape index (κ2) is 13.8. The third kappa shape index (κ3) is 8.17. The van der Waals surface area contributed by atoms with Crippen molar-refractivity contribution < 1.29 is 23.0 Å². The molecule has 0 amide bonds. The third-order valence-corrected chi connectivity index (χ3v) is 3.89. The standard InChI is InChI=1S/C20H26F2N4O3.HI/c1-4-10-28-18-14(6-5-9-24-18)12-25-20(23-2)26-13-15-11-16(27-3)7-8-17(15)29-19(21)22;/h5-9,11,19H,4,10,12-13H2,1-3H3,(H2,23,25,26);1H. The zero-order valence-corrected chi connectivity index (χ0v) is 19.5. The Bertz CT molecular complexity index is 809. The summed E-state index contributed by atoms with van der Waals surface area (Å²) in [4.78, 5) is 8.40. The van der Waals surface area contributed by atoms with Gasteiger partial charge >= 0.3 is 6.61 Å². The van der Waals surface area contributed by atoms with E-state index in [1.807, 2.05) is 19.1 Å². The van der Waals surface area contributed by atoms with Crippen LogP contribution in [0.1, 0.15) is 24.5 Å². The monoisotopic (exact) mass is 536 g/mol. The summed E-state index contributed by atoms with van der Waals surface area (Å²) in [5.74, 6) is 1.67. The molecule has 0 bridgehead atoms. The Balaban J connectivity index is 0.00000450. The van der Waals surface area contributed by atoms with Crippen molar-refractivity contribution >= 4 is 29.9 Å². The molecule has 1 aromatic heterocycles. The minimum absolute atomic E-state index is 0. The molecule has 0 radical (unpaired) electrons. The molecule has 1 heterocycles. The van der Waals surface area contributed by atoms with Crippen molar-refractivity contribution in [3.05, 3.63) is 47.7 Å². The van der Waals surface area contributed by atoms with Gasteiger partial charge in [0.05, 0.1) is 13.7 Å². The summed E-state index contributed by atoms with van der Waals surface area (Å²) in [6.07, 6.45) is 2.56. The SMILES string of the molecule is CCCOc1ncccc1CNC(=NC)NCc1cc(OC)ccc1OC(F)F.I. The molecule has 1 aromatic carbocycles. The molecule has 2 rings (SSSR count). The number of alkyl halides is 2. The first-order valence-corrected chi connectivity index (χ1v) is 9.20. The van der Waals surface area contributed by atoms with E-state index in [0.29, 0.717) is 36.3 Å². The maximum absolute atomic E-state index is 12.7. The van der Waals surface area contributed by atoms with Gasteiger partial charge in [0, 0.05) is 37.5 Å². The predicted molar refractivity (Wildman–Crippen MR) is 122 cm³/mol. The van der Waals surface area contributed by atoms with E-state index in [1.165, 1.54) is 13.2 Å². The fraction of sp³-hybridized carbons (Fsp3) is 0.400. The summed E-state index contributed by atoms with van der Waals surface area (Å²) < 4.78 is 40.7. The van der Waals surface area contributed by atoms with Crippen LogP contribution in [0, 0.1) is 0 Å². The van der Waals surface area contributed by atoms with Crippen LogP contribution in [0.15, 0.2) is 41.5 Å². The Morgan fingerprint density at radius 2 is 1.90 bits per heavy atom. The highest BCUT2D eigenvalue weighted by molar-refractivity contribution is 14.0. The van der Waals surface area contributed by atoms with Gasteiger partial charge in [-0.25, -0.2) is 4.98 Å². The topological polar surface area (TPSA) is 77.0 Å². The van der Waals surface area contributed by atoms with Crippen LogP contribution in [0.4, 0.5) is 8.78 Å². The molecule has 0 aliphatic rings. The molecule has 0 atom stereocenters. The highest BCUT2D eigenvalue weighted by Crippen LogP contribution is 2.25. The molecule has 0 saturated heterocycles. The second-order valence-corrected chi connectivity index (χ2v) is 5.95. The van der Waals surface area contributed by atoms with Crippen molar-refractivity contribution in [3.8, 4) is 17.4 Å². The van der Waals surface area contributed by atoms with E-state index in [-0.39, 0.29) is 36.3 Å². The number of hydrogen-bond donors (Lipinski definition) is 2. The molecule has 0 aliphatic carbocycles. The van der Waals surface area contributed by atoms with Gasteiger partial charge in [0.2, 0.25) is 5.88 Å². The van der Waals surface area contributed by atoms with Crippen molar-refractivity contribution in [1.82, 2.24) is 15.6 Å². The lowest BCUT2D eigenvalue weighted by molar-refractivity contribution is -0.0504. The van der Waals surface area contributed by atoms with Crippen molar-refractivity contribution in [2.45, 2.75) is 33.0 Å². The van der Waals surface area contributed by atoms with Gasteiger partial charge in [-0.3, -0.25) is 4.99 Å². The summed E-state index contributed by atoms with van der Waals surface area (Å²) in [5, 5.41) is 6.24. The molecule has 166 valence electrons. The number of benzene rings is 1. The highest BCUT2D eigenvalue weighted by atomic mass is 127. The lowest BCUT2D eigenvalue weighted by atomic mass is 10.2. The van der Waals surface area contributed by atoms with Crippen molar-refractivity contribution in [1.29, 1.82) is 0 Å². The third-order valence-electron chi connectivity index (χ3n) is 3.89.